The van der Waals surface area contributed by atoms with Crippen LogP contribution in [0.3, 0.4) is 0 Å². The van der Waals surface area contributed by atoms with Crippen LogP contribution in [0.1, 0.15) is 27.6 Å². The van der Waals surface area contributed by atoms with Crippen molar-refractivity contribution in [3.63, 3.8) is 0 Å². The van der Waals surface area contributed by atoms with E-state index in [-0.39, 0.29) is 10.5 Å². The van der Waals surface area contributed by atoms with Crippen molar-refractivity contribution in [1.29, 1.82) is 0 Å². The lowest BCUT2D eigenvalue weighted by Gasteiger charge is -2.14. The van der Waals surface area contributed by atoms with Gasteiger partial charge in [-0.15, -0.1) is 0 Å². The number of hydrogen-bond donors (Lipinski definition) is 2. The minimum absolute atomic E-state index is 0.0528. The molecule has 0 unspecified atom stereocenters. The Morgan fingerprint density at radius 3 is 2.07 bits per heavy atom. The Kier molecular flexibility index (Phi) is 7.17. The van der Waals surface area contributed by atoms with E-state index in [1.54, 1.807) is 24.3 Å². The molecule has 0 saturated carbocycles. The molecule has 0 saturated heterocycles. The van der Waals surface area contributed by atoms with E-state index < -0.39 is 21.8 Å². The van der Waals surface area contributed by atoms with Crippen LogP contribution in [-0.4, -0.2) is 45.2 Å². The molecule has 0 bridgehead atoms. The standard InChI is InChI=1S/C18H20BrN3O5S/c1-4-27-14-8-5-12(6-9-14)17(23)20-21-18(24)13-7-10-15(19)16(11-13)28(25,26)22(2)3/h5-11H,4H2,1-3H3,(H,20,23)(H,21,24). The van der Waals surface area contributed by atoms with Crippen LogP contribution < -0.4 is 15.6 Å². The van der Waals surface area contributed by atoms with Gasteiger partial charge in [-0.3, -0.25) is 20.4 Å². The van der Waals surface area contributed by atoms with Gasteiger partial charge >= 0.3 is 0 Å². The average Bonchev–Trinajstić information content (AvgIpc) is 2.66. The number of nitrogens with zero attached hydrogens (tertiary/aromatic N) is 1. The van der Waals surface area contributed by atoms with Gasteiger partial charge in [0, 0.05) is 29.7 Å². The second-order valence-electron chi connectivity index (χ2n) is 5.80. The summed E-state index contributed by atoms with van der Waals surface area (Å²) in [5.41, 5.74) is 4.97. The first-order chi connectivity index (χ1) is 13.2. The second-order valence-corrected chi connectivity index (χ2v) is 8.77. The number of sulfonamides is 1. The number of ether oxygens (including phenoxy) is 1. The van der Waals surface area contributed by atoms with Crippen LogP contribution in [0.2, 0.25) is 0 Å². The Hall–Kier alpha value is -2.43. The summed E-state index contributed by atoms with van der Waals surface area (Å²) in [4.78, 5) is 24.4. The minimum atomic E-state index is -3.74. The zero-order chi connectivity index (χ0) is 20.9. The molecule has 2 N–H and O–H groups in total. The van der Waals surface area contributed by atoms with Crippen molar-refractivity contribution < 1.29 is 22.7 Å². The molecule has 28 heavy (non-hydrogen) atoms. The first-order valence-corrected chi connectivity index (χ1v) is 10.5. The number of nitrogens with one attached hydrogen (secondary N) is 2. The summed E-state index contributed by atoms with van der Waals surface area (Å²) in [5, 5.41) is 0. The number of hydrazine groups is 1. The molecule has 0 spiro atoms. The number of halogens is 1. The van der Waals surface area contributed by atoms with Gasteiger partial charge in [-0.2, -0.15) is 0 Å². The van der Waals surface area contributed by atoms with Gasteiger partial charge in [0.1, 0.15) is 5.75 Å². The Balaban J connectivity index is 2.10. The van der Waals surface area contributed by atoms with Gasteiger partial charge in [0.2, 0.25) is 10.0 Å². The number of benzene rings is 2. The zero-order valence-corrected chi connectivity index (χ0v) is 17.9. The lowest BCUT2D eigenvalue weighted by Crippen LogP contribution is -2.41. The van der Waals surface area contributed by atoms with Crippen molar-refractivity contribution in [3.8, 4) is 5.75 Å². The van der Waals surface area contributed by atoms with E-state index in [1.165, 1.54) is 32.3 Å². The summed E-state index contributed by atoms with van der Waals surface area (Å²) in [6, 6.07) is 10.6. The normalized spacial score (nSPS) is 11.2. The van der Waals surface area contributed by atoms with Crippen molar-refractivity contribution in [2.75, 3.05) is 20.7 Å². The van der Waals surface area contributed by atoms with Crippen LogP contribution in [-0.2, 0) is 10.0 Å². The molecular weight excluding hydrogens is 450 g/mol. The quantitative estimate of drug-likeness (QED) is 0.630. The maximum absolute atomic E-state index is 12.3. The SMILES string of the molecule is CCOc1ccc(C(=O)NNC(=O)c2ccc(Br)c(S(=O)(=O)N(C)C)c2)cc1. The van der Waals surface area contributed by atoms with Gasteiger partial charge in [-0.25, -0.2) is 12.7 Å². The largest absolute Gasteiger partial charge is 0.494 e. The highest BCUT2D eigenvalue weighted by molar-refractivity contribution is 9.10. The van der Waals surface area contributed by atoms with Crippen LogP contribution in [0.5, 0.6) is 5.75 Å². The summed E-state index contributed by atoms with van der Waals surface area (Å²) < 4.78 is 31.4. The maximum atomic E-state index is 12.3. The van der Waals surface area contributed by atoms with Crippen molar-refractivity contribution in [1.82, 2.24) is 15.2 Å². The van der Waals surface area contributed by atoms with Crippen LogP contribution >= 0.6 is 15.9 Å². The first-order valence-electron chi connectivity index (χ1n) is 8.22. The molecule has 0 radical (unpaired) electrons. The van der Waals surface area contributed by atoms with Crippen LogP contribution in [0, 0.1) is 0 Å². The van der Waals surface area contributed by atoms with Gasteiger partial charge in [-0.1, -0.05) is 0 Å². The number of amides is 2. The lowest BCUT2D eigenvalue weighted by molar-refractivity contribution is 0.0846. The topological polar surface area (TPSA) is 105 Å². The molecule has 0 aliphatic heterocycles. The molecule has 150 valence electrons. The molecule has 10 heteroatoms. The number of hydrogen-bond acceptors (Lipinski definition) is 5. The van der Waals surface area contributed by atoms with Crippen molar-refractivity contribution in [3.05, 3.63) is 58.1 Å². The smallest absolute Gasteiger partial charge is 0.269 e. The van der Waals surface area contributed by atoms with Crippen molar-refractivity contribution in [2.45, 2.75) is 11.8 Å². The van der Waals surface area contributed by atoms with Crippen LogP contribution in [0.4, 0.5) is 0 Å². The van der Waals surface area contributed by atoms with E-state index in [0.717, 1.165) is 4.31 Å². The third-order valence-corrected chi connectivity index (χ3v) is 6.48. The second kappa shape index (κ2) is 9.18. The first kappa shape index (κ1) is 21.9. The third-order valence-electron chi connectivity index (χ3n) is 3.67. The average molecular weight is 470 g/mol. The molecule has 2 rings (SSSR count). The summed E-state index contributed by atoms with van der Waals surface area (Å²) >= 11 is 3.18. The maximum Gasteiger partial charge on any atom is 0.269 e. The summed E-state index contributed by atoms with van der Waals surface area (Å²) in [6.07, 6.45) is 0. The van der Waals surface area contributed by atoms with Gasteiger partial charge < -0.3 is 4.74 Å². The molecule has 2 aromatic rings. The fraction of sp³-hybridized carbons (Fsp3) is 0.222. The molecule has 0 heterocycles. The summed E-state index contributed by atoms with van der Waals surface area (Å²) in [7, 11) is -0.951. The predicted octanol–water partition coefficient (Wildman–Crippen LogP) is 2.17. The van der Waals surface area contributed by atoms with Crippen molar-refractivity contribution in [2.24, 2.45) is 0 Å². The van der Waals surface area contributed by atoms with E-state index in [2.05, 4.69) is 26.8 Å². The Bertz CT molecular complexity index is 975. The monoisotopic (exact) mass is 469 g/mol. The van der Waals surface area contributed by atoms with Crippen LogP contribution in [0.25, 0.3) is 0 Å². The molecule has 8 nitrogen and oxygen atoms in total. The number of rotatable bonds is 6. The molecule has 2 aromatic carbocycles. The fourth-order valence-corrected chi connectivity index (χ4v) is 4.01. The number of carbonyl (C=O) groups is 2. The molecule has 0 aliphatic carbocycles. The van der Waals surface area contributed by atoms with Gasteiger partial charge in [0.25, 0.3) is 11.8 Å². The molecule has 0 aromatic heterocycles. The third kappa shape index (κ3) is 5.09. The fourth-order valence-electron chi connectivity index (χ4n) is 2.17. The van der Waals surface area contributed by atoms with E-state index in [0.29, 0.717) is 22.4 Å². The van der Waals surface area contributed by atoms with Crippen LogP contribution in [0.15, 0.2) is 51.8 Å². The highest BCUT2D eigenvalue weighted by Crippen LogP contribution is 2.25. The molecule has 2 amide bonds. The Morgan fingerprint density at radius 2 is 1.54 bits per heavy atom. The molecule has 0 atom stereocenters. The van der Waals surface area contributed by atoms with E-state index in [4.69, 9.17) is 4.74 Å². The number of carbonyl (C=O) groups excluding carboxylic acids is 2. The Morgan fingerprint density at radius 1 is 1.00 bits per heavy atom. The summed E-state index contributed by atoms with van der Waals surface area (Å²) in [5.74, 6) is -0.538. The van der Waals surface area contributed by atoms with E-state index in [1.807, 2.05) is 6.92 Å². The van der Waals surface area contributed by atoms with Gasteiger partial charge in [0.05, 0.1) is 11.5 Å². The van der Waals surface area contributed by atoms with Gasteiger partial charge in [-0.05, 0) is 65.3 Å². The molecule has 0 fully saturated rings. The lowest BCUT2D eigenvalue weighted by atomic mass is 10.2. The highest BCUT2D eigenvalue weighted by atomic mass is 79.9. The highest BCUT2D eigenvalue weighted by Gasteiger charge is 2.22. The zero-order valence-electron chi connectivity index (χ0n) is 15.5. The van der Waals surface area contributed by atoms with E-state index >= 15 is 0 Å². The van der Waals surface area contributed by atoms with Crippen molar-refractivity contribution >= 4 is 37.8 Å². The predicted molar refractivity (Wildman–Crippen MR) is 108 cm³/mol. The summed E-state index contributed by atoms with van der Waals surface area (Å²) in [6.45, 7) is 2.37. The van der Waals surface area contributed by atoms with Gasteiger partial charge in [0.15, 0.2) is 0 Å². The molecule has 0 aliphatic rings. The minimum Gasteiger partial charge on any atom is -0.494 e. The Labute approximate surface area is 172 Å². The molecular formula is C18H20BrN3O5S. The van der Waals surface area contributed by atoms with E-state index in [9.17, 15) is 18.0 Å².